The molecular formula is C23H14BrClN2O3S. The third-order valence-corrected chi connectivity index (χ3v) is 6.66. The molecule has 8 heteroatoms. The number of hydrazone groups is 1. The fraction of sp³-hybridized carbons (Fsp3) is 0. The van der Waals surface area contributed by atoms with E-state index in [1.807, 2.05) is 30.3 Å². The molecule has 0 aliphatic carbocycles. The van der Waals surface area contributed by atoms with Crippen molar-refractivity contribution in [2.24, 2.45) is 5.10 Å². The van der Waals surface area contributed by atoms with Gasteiger partial charge < -0.3 is 4.74 Å². The number of nitrogens with zero attached hydrogens (tertiary/aromatic N) is 1. The Morgan fingerprint density at radius 2 is 1.71 bits per heavy atom. The zero-order valence-electron chi connectivity index (χ0n) is 15.8. The van der Waals surface area contributed by atoms with Crippen LogP contribution in [-0.4, -0.2) is 18.1 Å². The highest BCUT2D eigenvalue weighted by Gasteiger charge is 2.18. The summed E-state index contributed by atoms with van der Waals surface area (Å²) in [6.07, 6.45) is 1.50. The highest BCUT2D eigenvalue weighted by atomic mass is 79.9. The molecule has 0 saturated carbocycles. The fourth-order valence-corrected chi connectivity index (χ4v) is 4.64. The maximum atomic E-state index is 12.5. The summed E-state index contributed by atoms with van der Waals surface area (Å²) in [7, 11) is 0. The van der Waals surface area contributed by atoms with Gasteiger partial charge in [-0.05, 0) is 64.0 Å². The molecule has 1 N–H and O–H groups in total. The fourth-order valence-electron chi connectivity index (χ4n) is 2.79. The largest absolute Gasteiger partial charge is 0.422 e. The van der Waals surface area contributed by atoms with Gasteiger partial charge in [0.15, 0.2) is 0 Å². The van der Waals surface area contributed by atoms with E-state index in [2.05, 4.69) is 26.5 Å². The summed E-state index contributed by atoms with van der Waals surface area (Å²) in [4.78, 5) is 25.0. The van der Waals surface area contributed by atoms with Crippen molar-refractivity contribution in [3.63, 3.8) is 0 Å². The summed E-state index contributed by atoms with van der Waals surface area (Å²) in [5.41, 5.74) is 3.69. The maximum absolute atomic E-state index is 12.5. The van der Waals surface area contributed by atoms with Crippen LogP contribution in [0.1, 0.15) is 25.6 Å². The van der Waals surface area contributed by atoms with Crippen molar-refractivity contribution in [1.82, 2.24) is 5.43 Å². The highest BCUT2D eigenvalue weighted by Crippen LogP contribution is 2.35. The molecule has 5 nitrogen and oxygen atoms in total. The molecule has 4 aromatic rings. The SMILES string of the molecule is O=C(NN=Cc1ccc(OC(=O)c2sc3ccccc3c2Cl)cc1)c1ccccc1Br. The summed E-state index contributed by atoms with van der Waals surface area (Å²) >= 11 is 11.0. The second kappa shape index (κ2) is 9.43. The average Bonchev–Trinajstić information content (AvgIpc) is 3.12. The number of rotatable bonds is 5. The minimum atomic E-state index is -0.506. The third-order valence-electron chi connectivity index (χ3n) is 4.31. The molecule has 0 atom stereocenters. The van der Waals surface area contributed by atoms with Crippen LogP contribution in [0.25, 0.3) is 10.1 Å². The number of thiophene rings is 1. The van der Waals surface area contributed by atoms with Gasteiger partial charge in [0.1, 0.15) is 10.6 Å². The Morgan fingerprint density at radius 1 is 1.00 bits per heavy atom. The van der Waals surface area contributed by atoms with E-state index in [0.717, 1.165) is 15.6 Å². The second-order valence-corrected chi connectivity index (χ2v) is 8.66. The first-order valence-corrected chi connectivity index (χ1v) is 11.1. The molecule has 4 rings (SSSR count). The van der Waals surface area contributed by atoms with Crippen LogP contribution in [-0.2, 0) is 0 Å². The molecule has 154 valence electrons. The zero-order valence-corrected chi connectivity index (χ0v) is 19.0. The highest BCUT2D eigenvalue weighted by molar-refractivity contribution is 9.10. The number of nitrogens with one attached hydrogen (secondary N) is 1. The smallest absolute Gasteiger partial charge is 0.355 e. The number of hydrogen-bond donors (Lipinski definition) is 1. The van der Waals surface area contributed by atoms with Gasteiger partial charge in [0.2, 0.25) is 0 Å². The average molecular weight is 514 g/mol. The minimum absolute atomic E-state index is 0.325. The topological polar surface area (TPSA) is 67.8 Å². The Hall–Kier alpha value is -3.00. The van der Waals surface area contributed by atoms with Crippen molar-refractivity contribution in [2.45, 2.75) is 0 Å². The van der Waals surface area contributed by atoms with Crippen LogP contribution < -0.4 is 10.2 Å². The van der Waals surface area contributed by atoms with Gasteiger partial charge in [0.25, 0.3) is 5.91 Å². The number of halogens is 2. The number of carbonyl (C=O) groups is 2. The predicted molar refractivity (Wildman–Crippen MR) is 127 cm³/mol. The van der Waals surface area contributed by atoms with E-state index in [-0.39, 0.29) is 5.91 Å². The molecule has 0 aliphatic rings. The summed E-state index contributed by atoms with van der Waals surface area (Å²) in [6, 6.07) is 21.4. The molecule has 31 heavy (non-hydrogen) atoms. The van der Waals surface area contributed by atoms with E-state index < -0.39 is 5.97 Å². The number of amides is 1. The van der Waals surface area contributed by atoms with E-state index in [1.165, 1.54) is 17.6 Å². The molecule has 0 bridgehead atoms. The monoisotopic (exact) mass is 512 g/mol. The molecule has 1 heterocycles. The number of hydrogen-bond acceptors (Lipinski definition) is 5. The molecule has 3 aromatic carbocycles. The number of esters is 1. The molecule has 0 spiro atoms. The van der Waals surface area contributed by atoms with E-state index in [9.17, 15) is 9.59 Å². The summed E-state index contributed by atoms with van der Waals surface area (Å²) < 4.78 is 7.06. The first-order chi connectivity index (χ1) is 15.0. The Labute approximate surface area is 195 Å². The van der Waals surface area contributed by atoms with Crippen LogP contribution in [0.15, 0.2) is 82.4 Å². The number of fused-ring (bicyclic) bond motifs is 1. The molecule has 0 fully saturated rings. The summed E-state index contributed by atoms with van der Waals surface area (Å²) in [6.45, 7) is 0. The van der Waals surface area contributed by atoms with Gasteiger partial charge >= 0.3 is 5.97 Å². The first kappa shape index (κ1) is 21.2. The molecule has 0 radical (unpaired) electrons. The molecule has 0 saturated heterocycles. The van der Waals surface area contributed by atoms with Gasteiger partial charge in [-0.2, -0.15) is 5.10 Å². The Kier molecular flexibility index (Phi) is 6.46. The van der Waals surface area contributed by atoms with E-state index >= 15 is 0 Å². The van der Waals surface area contributed by atoms with Crippen molar-refractivity contribution in [1.29, 1.82) is 0 Å². The van der Waals surface area contributed by atoms with Crippen molar-refractivity contribution >= 4 is 67.0 Å². The van der Waals surface area contributed by atoms with Crippen LogP contribution in [0, 0.1) is 0 Å². The number of benzene rings is 3. The quantitative estimate of drug-likeness (QED) is 0.147. The molecule has 1 amide bonds. The normalized spacial score (nSPS) is 11.0. The van der Waals surface area contributed by atoms with Crippen LogP contribution in [0.2, 0.25) is 5.02 Å². The summed E-state index contributed by atoms with van der Waals surface area (Å²) in [5, 5.41) is 5.19. The number of carbonyl (C=O) groups excluding carboxylic acids is 2. The van der Waals surface area contributed by atoms with Gasteiger partial charge in [-0.3, -0.25) is 4.79 Å². The van der Waals surface area contributed by atoms with Crippen LogP contribution in [0.5, 0.6) is 5.75 Å². The molecule has 1 aromatic heterocycles. The predicted octanol–water partition coefficient (Wildman–Crippen LogP) is 6.30. The van der Waals surface area contributed by atoms with Gasteiger partial charge in [0, 0.05) is 14.6 Å². The van der Waals surface area contributed by atoms with Gasteiger partial charge in [-0.25, -0.2) is 10.2 Å². The van der Waals surface area contributed by atoms with Crippen molar-refractivity contribution < 1.29 is 14.3 Å². The van der Waals surface area contributed by atoms with Gasteiger partial charge in [-0.1, -0.05) is 41.9 Å². The molecule has 0 aliphatic heterocycles. The lowest BCUT2D eigenvalue weighted by molar-refractivity contribution is 0.0739. The molecule has 0 unspecified atom stereocenters. The van der Waals surface area contributed by atoms with Crippen LogP contribution in [0.4, 0.5) is 0 Å². The van der Waals surface area contributed by atoms with Crippen LogP contribution in [0.3, 0.4) is 0 Å². The second-order valence-electron chi connectivity index (χ2n) is 6.38. The standard InChI is InChI=1S/C23H14BrClN2O3S/c24-18-7-3-1-5-16(18)22(28)27-26-13-14-9-11-15(12-10-14)30-23(29)21-20(25)17-6-2-4-8-19(17)31-21/h1-13H,(H,27,28). The van der Waals surface area contributed by atoms with Crippen molar-refractivity contribution in [2.75, 3.05) is 0 Å². The Bertz CT molecular complexity index is 1300. The Morgan fingerprint density at radius 3 is 2.45 bits per heavy atom. The maximum Gasteiger partial charge on any atom is 0.355 e. The zero-order chi connectivity index (χ0) is 21.8. The third kappa shape index (κ3) is 4.85. The Balaban J connectivity index is 1.39. The first-order valence-electron chi connectivity index (χ1n) is 9.10. The minimum Gasteiger partial charge on any atom is -0.422 e. The lowest BCUT2D eigenvalue weighted by Gasteiger charge is -2.04. The lowest BCUT2D eigenvalue weighted by Crippen LogP contribution is -2.18. The van der Waals surface area contributed by atoms with Crippen molar-refractivity contribution in [3.05, 3.63) is 98.3 Å². The number of ether oxygens (including phenoxy) is 1. The van der Waals surface area contributed by atoms with Crippen molar-refractivity contribution in [3.8, 4) is 5.75 Å². The van der Waals surface area contributed by atoms with E-state index in [1.54, 1.807) is 42.5 Å². The summed E-state index contributed by atoms with van der Waals surface area (Å²) in [5.74, 6) is -0.448. The van der Waals surface area contributed by atoms with E-state index in [0.29, 0.717) is 25.7 Å². The molecular weight excluding hydrogens is 500 g/mol. The van der Waals surface area contributed by atoms with E-state index in [4.69, 9.17) is 16.3 Å². The van der Waals surface area contributed by atoms with Gasteiger partial charge in [-0.15, -0.1) is 11.3 Å². The lowest BCUT2D eigenvalue weighted by atomic mass is 10.2. The van der Waals surface area contributed by atoms with Gasteiger partial charge in [0.05, 0.1) is 16.8 Å². The van der Waals surface area contributed by atoms with Crippen LogP contribution >= 0.6 is 38.9 Å².